The van der Waals surface area contributed by atoms with Crippen LogP contribution in [0.3, 0.4) is 0 Å². The first kappa shape index (κ1) is 24.2. The summed E-state index contributed by atoms with van der Waals surface area (Å²) >= 11 is 0. The number of benzene rings is 1. The summed E-state index contributed by atoms with van der Waals surface area (Å²) in [5.41, 5.74) is 0.136. The Labute approximate surface area is 136 Å². The molecule has 1 aromatic rings. The Kier molecular flexibility index (Phi) is 11.3. The fraction of sp³-hybridized carbons (Fsp3) is 0.571. The first-order chi connectivity index (χ1) is 9.99. The first-order valence-corrected chi connectivity index (χ1v) is 6.51. The molecule has 1 N–H and O–H groups in total. The molecule has 0 aliphatic rings. The average Bonchev–Trinajstić information content (AvgIpc) is 2.38. The minimum Gasteiger partial charge on any atom is -0.314 e. The van der Waals surface area contributed by atoms with Crippen LogP contribution in [0.15, 0.2) is 24.3 Å². The van der Waals surface area contributed by atoms with Gasteiger partial charge in [-0.05, 0) is 31.5 Å². The Hall–Kier alpha value is -1.02. The van der Waals surface area contributed by atoms with Gasteiger partial charge in [-0.15, -0.1) is 12.4 Å². The maximum Gasteiger partial charge on any atom is 0.416 e. The van der Waals surface area contributed by atoms with E-state index < -0.39 is 24.6 Å². The molecule has 1 aromatic carbocycles. The molecule has 0 radical (unpaired) electrons. The van der Waals surface area contributed by atoms with Gasteiger partial charge in [-0.25, -0.2) is 4.39 Å². The van der Waals surface area contributed by atoms with Crippen molar-refractivity contribution < 1.29 is 30.7 Å². The summed E-state index contributed by atoms with van der Waals surface area (Å²) in [6.07, 6.45) is -8.27. The molecule has 1 rings (SSSR count). The summed E-state index contributed by atoms with van der Waals surface area (Å²) in [6.45, 7) is 2.53. The van der Waals surface area contributed by atoms with Gasteiger partial charge >= 0.3 is 12.4 Å². The Bertz CT molecular complexity index is 432. The van der Waals surface area contributed by atoms with Crippen molar-refractivity contribution in [1.82, 2.24) is 5.32 Å². The summed E-state index contributed by atoms with van der Waals surface area (Å²) in [5.74, 6) is 0. The molecule has 0 bridgehead atoms. The molecule has 136 valence electrons. The molecule has 0 heterocycles. The predicted octanol–water partition coefficient (Wildman–Crippen LogP) is 5.19. The van der Waals surface area contributed by atoms with E-state index >= 15 is 0 Å². The Balaban J connectivity index is 0. The van der Waals surface area contributed by atoms with Crippen LogP contribution in [-0.2, 0) is 12.6 Å². The number of nitrogens with one attached hydrogen (secondary N) is 1. The van der Waals surface area contributed by atoms with E-state index in [1.165, 1.54) is 12.1 Å². The van der Waals surface area contributed by atoms with Crippen LogP contribution in [0.4, 0.5) is 30.7 Å². The largest absolute Gasteiger partial charge is 0.416 e. The molecular weight excluding hydrogens is 351 g/mol. The maximum atomic E-state index is 12.4. The van der Waals surface area contributed by atoms with Gasteiger partial charge in [0.05, 0.1) is 5.56 Å². The van der Waals surface area contributed by atoms with E-state index in [0.717, 1.165) is 12.6 Å². The highest BCUT2D eigenvalue weighted by Crippen LogP contribution is 2.29. The molecular formula is C14H19ClF7N. The van der Waals surface area contributed by atoms with Crippen molar-refractivity contribution in [2.45, 2.75) is 38.7 Å². The van der Waals surface area contributed by atoms with Crippen LogP contribution in [0.5, 0.6) is 0 Å². The monoisotopic (exact) mass is 369 g/mol. The van der Waals surface area contributed by atoms with Crippen LogP contribution in [0.1, 0.15) is 25.0 Å². The Morgan fingerprint density at radius 3 is 2.00 bits per heavy atom. The first-order valence-electron chi connectivity index (χ1n) is 6.51. The van der Waals surface area contributed by atoms with E-state index in [-0.39, 0.29) is 18.4 Å². The lowest BCUT2D eigenvalue weighted by atomic mass is 10.0. The highest BCUT2D eigenvalue weighted by molar-refractivity contribution is 5.85. The van der Waals surface area contributed by atoms with Gasteiger partial charge in [0.2, 0.25) is 0 Å². The van der Waals surface area contributed by atoms with E-state index in [2.05, 4.69) is 5.32 Å². The van der Waals surface area contributed by atoms with Gasteiger partial charge in [-0.1, -0.05) is 25.1 Å². The highest BCUT2D eigenvalue weighted by atomic mass is 35.5. The second-order valence-electron chi connectivity index (χ2n) is 4.61. The molecule has 0 aliphatic carbocycles. The lowest BCUT2D eigenvalue weighted by Crippen LogP contribution is -2.27. The van der Waals surface area contributed by atoms with Crippen LogP contribution in [0, 0.1) is 0 Å². The van der Waals surface area contributed by atoms with Crippen molar-refractivity contribution >= 4 is 12.4 Å². The molecule has 1 atom stereocenters. The number of likely N-dealkylation sites (N-methyl/N-ethyl adjacent to an activating group) is 1. The number of alkyl halides is 7. The van der Waals surface area contributed by atoms with Crippen LogP contribution in [0.25, 0.3) is 0 Å². The minimum atomic E-state index is -4.62. The number of hydrogen-bond donors (Lipinski definition) is 1. The van der Waals surface area contributed by atoms with Crippen molar-refractivity contribution in [3.8, 4) is 0 Å². The van der Waals surface area contributed by atoms with E-state index in [9.17, 15) is 30.7 Å². The summed E-state index contributed by atoms with van der Waals surface area (Å²) in [6, 6.07) is 5.68. The predicted molar refractivity (Wildman–Crippen MR) is 77.6 cm³/mol. The minimum absolute atomic E-state index is 0. The molecule has 0 saturated heterocycles. The molecule has 0 aromatic heterocycles. The van der Waals surface area contributed by atoms with Crippen LogP contribution in [-0.4, -0.2) is 25.4 Å². The molecule has 9 heteroatoms. The molecule has 1 nitrogen and oxygen atoms in total. The van der Waals surface area contributed by atoms with Crippen molar-refractivity contribution in [1.29, 1.82) is 0 Å². The van der Waals surface area contributed by atoms with Gasteiger partial charge in [0.1, 0.15) is 0 Å². The van der Waals surface area contributed by atoms with Gasteiger partial charge in [0.25, 0.3) is 0 Å². The van der Waals surface area contributed by atoms with Crippen LogP contribution in [0.2, 0.25) is 0 Å². The Morgan fingerprint density at radius 2 is 1.61 bits per heavy atom. The molecule has 0 aliphatic heterocycles. The van der Waals surface area contributed by atoms with Crippen molar-refractivity contribution in [2.75, 3.05) is 13.2 Å². The van der Waals surface area contributed by atoms with Crippen molar-refractivity contribution in [3.05, 3.63) is 35.4 Å². The molecule has 0 saturated carbocycles. The molecule has 23 heavy (non-hydrogen) atoms. The summed E-state index contributed by atoms with van der Waals surface area (Å²) < 4.78 is 78.9. The lowest BCUT2D eigenvalue weighted by molar-refractivity contribution is -0.142. The summed E-state index contributed by atoms with van der Waals surface area (Å²) in [4.78, 5) is 0. The maximum absolute atomic E-state index is 12.4. The van der Waals surface area contributed by atoms with Gasteiger partial charge in [0, 0.05) is 6.04 Å². The molecule has 0 fully saturated rings. The van der Waals surface area contributed by atoms with E-state index in [0.29, 0.717) is 12.0 Å². The zero-order valence-electron chi connectivity index (χ0n) is 12.6. The Morgan fingerprint density at radius 1 is 1.09 bits per heavy atom. The smallest absolute Gasteiger partial charge is 0.314 e. The van der Waals surface area contributed by atoms with E-state index in [1.54, 1.807) is 6.07 Å². The second-order valence-corrected chi connectivity index (χ2v) is 4.61. The quantitative estimate of drug-likeness (QED) is 0.720. The van der Waals surface area contributed by atoms with Gasteiger partial charge in [-0.2, -0.15) is 26.3 Å². The molecule has 0 amide bonds. The number of halogens is 8. The zero-order chi connectivity index (χ0) is 17.4. The van der Waals surface area contributed by atoms with E-state index in [4.69, 9.17) is 0 Å². The van der Waals surface area contributed by atoms with E-state index in [1.807, 2.05) is 13.8 Å². The normalized spacial score (nSPS) is 12.7. The molecule has 0 spiro atoms. The summed E-state index contributed by atoms with van der Waals surface area (Å²) in [5, 5.41) is 3.17. The summed E-state index contributed by atoms with van der Waals surface area (Å²) in [7, 11) is 0. The standard InChI is InChI=1S/C12H16F3N.C2H2F4.ClH/c1-3-16-9(2)7-10-5-4-6-11(8-10)12(13,14)15;3-1-2(4,5)6;/h4-6,8-9,16H,3,7H2,1-2H3;1H2;1H. The third-order valence-corrected chi connectivity index (χ3v) is 2.50. The second kappa shape index (κ2) is 10.7. The fourth-order valence-corrected chi connectivity index (χ4v) is 1.65. The van der Waals surface area contributed by atoms with Gasteiger partial charge < -0.3 is 5.32 Å². The topological polar surface area (TPSA) is 12.0 Å². The third kappa shape index (κ3) is 12.1. The molecule has 1 unspecified atom stereocenters. The number of rotatable bonds is 4. The lowest BCUT2D eigenvalue weighted by Gasteiger charge is -2.13. The van der Waals surface area contributed by atoms with Crippen LogP contribution >= 0.6 is 12.4 Å². The fourth-order valence-electron chi connectivity index (χ4n) is 1.65. The van der Waals surface area contributed by atoms with Crippen molar-refractivity contribution in [3.63, 3.8) is 0 Å². The SMILES string of the molecule is CCNC(C)Cc1cccc(C(F)(F)F)c1.Cl.FCC(F)(F)F. The van der Waals surface area contributed by atoms with Gasteiger partial charge in [-0.3, -0.25) is 0 Å². The third-order valence-electron chi connectivity index (χ3n) is 2.50. The van der Waals surface area contributed by atoms with Crippen molar-refractivity contribution in [2.24, 2.45) is 0 Å². The highest BCUT2D eigenvalue weighted by Gasteiger charge is 2.30. The number of hydrogen-bond acceptors (Lipinski definition) is 1. The zero-order valence-corrected chi connectivity index (χ0v) is 13.4. The van der Waals surface area contributed by atoms with Gasteiger partial charge in [0.15, 0.2) is 6.67 Å². The van der Waals surface area contributed by atoms with Crippen LogP contribution < -0.4 is 5.32 Å². The average molecular weight is 370 g/mol.